The topological polar surface area (TPSA) is 102 Å². The van der Waals surface area contributed by atoms with Crippen LogP contribution in [0.15, 0.2) is 96.6 Å². The van der Waals surface area contributed by atoms with E-state index in [-0.39, 0.29) is 29.7 Å². The van der Waals surface area contributed by atoms with E-state index in [1.807, 2.05) is 62.6 Å². The van der Waals surface area contributed by atoms with Crippen LogP contribution in [0.3, 0.4) is 0 Å². The van der Waals surface area contributed by atoms with Crippen LogP contribution in [0.1, 0.15) is 28.4 Å². The quantitative estimate of drug-likeness (QED) is 0.373. The average molecular weight is 502 g/mol. The normalized spacial score (nSPS) is 18.8. The Morgan fingerprint density at radius 3 is 2.76 bits per heavy atom. The molecule has 188 valence electrons. The standard InChI is InChI=1S/C30H27N7O/c1-19(33-30(38)27-24-13-6-7-16-37(24)35-29(27)31)28-26(21-9-4-3-5-10-21)25-22(11-8-12-23(25)34-28)15-14-20-17-32-36(2)18-20/h3-13,16-19,23,25,34H,1-2H3,(H2,31,35)(H,33,38)/t19-,23?,25?/m0/s1. The fraction of sp³-hybridized carbons (Fsp3) is 0.167. The summed E-state index contributed by atoms with van der Waals surface area (Å²) in [7, 11) is 1.88. The van der Waals surface area contributed by atoms with Gasteiger partial charge in [0.25, 0.3) is 5.91 Å². The average Bonchev–Trinajstić information content (AvgIpc) is 3.62. The highest BCUT2D eigenvalue weighted by Gasteiger charge is 2.39. The monoisotopic (exact) mass is 501 g/mol. The maximum atomic E-state index is 13.4. The number of aryl methyl sites for hydroxylation is 1. The number of nitrogen functional groups attached to an aromatic ring is 1. The molecule has 4 aromatic rings. The number of nitrogens with one attached hydrogen (secondary N) is 2. The SMILES string of the molecule is C[C@H](NC(=O)c1c(N)nn2ccccc12)C1=C(c2ccccc2)C2C(C#Cc3cnn(C)c3)=CC=CC2N1. The molecule has 0 bridgehead atoms. The molecule has 0 fully saturated rings. The van der Waals surface area contributed by atoms with E-state index in [0.29, 0.717) is 11.1 Å². The van der Waals surface area contributed by atoms with Crippen LogP contribution in [0.5, 0.6) is 0 Å². The zero-order chi connectivity index (χ0) is 26.2. The molecule has 0 radical (unpaired) electrons. The van der Waals surface area contributed by atoms with Gasteiger partial charge in [0.2, 0.25) is 0 Å². The third-order valence-electron chi connectivity index (χ3n) is 6.93. The van der Waals surface area contributed by atoms with E-state index in [1.165, 1.54) is 0 Å². The number of aromatic nitrogens is 4. The molecule has 2 unspecified atom stereocenters. The number of hydrogen-bond acceptors (Lipinski definition) is 5. The zero-order valence-corrected chi connectivity index (χ0v) is 21.1. The first-order valence-electron chi connectivity index (χ1n) is 12.5. The maximum Gasteiger partial charge on any atom is 0.257 e. The molecular formula is C30H27N7O. The number of hydrogen-bond donors (Lipinski definition) is 3. The molecule has 4 heterocycles. The third-order valence-corrected chi connectivity index (χ3v) is 6.93. The number of amides is 1. The lowest BCUT2D eigenvalue weighted by Gasteiger charge is -2.23. The smallest absolute Gasteiger partial charge is 0.257 e. The lowest BCUT2D eigenvalue weighted by atomic mass is 9.80. The van der Waals surface area contributed by atoms with E-state index in [9.17, 15) is 4.79 Å². The Hall–Kier alpha value is -5.03. The minimum atomic E-state index is -0.317. The van der Waals surface area contributed by atoms with E-state index in [2.05, 4.69) is 57.0 Å². The first-order valence-corrected chi connectivity index (χ1v) is 12.5. The molecule has 3 aromatic heterocycles. The number of nitrogens with two attached hydrogens (primary N) is 1. The molecule has 2 aliphatic rings. The summed E-state index contributed by atoms with van der Waals surface area (Å²) in [6.45, 7) is 1.98. The summed E-state index contributed by atoms with van der Waals surface area (Å²) in [4.78, 5) is 13.4. The van der Waals surface area contributed by atoms with Gasteiger partial charge in [-0.2, -0.15) is 5.10 Å². The summed E-state index contributed by atoms with van der Waals surface area (Å²) in [5.41, 5.74) is 12.2. The highest BCUT2D eigenvalue weighted by Crippen LogP contribution is 2.41. The Bertz CT molecular complexity index is 1690. The molecule has 38 heavy (non-hydrogen) atoms. The summed E-state index contributed by atoms with van der Waals surface area (Å²) in [6, 6.07) is 15.5. The van der Waals surface area contributed by atoms with Crippen LogP contribution in [0, 0.1) is 17.8 Å². The van der Waals surface area contributed by atoms with Crippen molar-refractivity contribution in [2.75, 3.05) is 5.73 Å². The number of carbonyl (C=O) groups excluding carboxylic acids is 1. The van der Waals surface area contributed by atoms with Gasteiger partial charge in [-0.25, -0.2) is 4.52 Å². The molecular weight excluding hydrogens is 474 g/mol. The predicted molar refractivity (Wildman–Crippen MR) is 148 cm³/mol. The van der Waals surface area contributed by atoms with Gasteiger partial charge in [-0.1, -0.05) is 66.5 Å². The van der Waals surface area contributed by atoms with Crippen molar-refractivity contribution in [2.24, 2.45) is 13.0 Å². The summed E-state index contributed by atoms with van der Waals surface area (Å²) < 4.78 is 3.36. The molecule has 1 aliphatic carbocycles. The van der Waals surface area contributed by atoms with Gasteiger partial charge in [-0.3, -0.25) is 9.48 Å². The Morgan fingerprint density at radius 2 is 1.97 bits per heavy atom. The Kier molecular flexibility index (Phi) is 5.81. The Labute approximate surface area is 220 Å². The van der Waals surface area contributed by atoms with Crippen LogP contribution in [0.2, 0.25) is 0 Å². The van der Waals surface area contributed by atoms with Crippen molar-refractivity contribution in [1.82, 2.24) is 30.0 Å². The summed E-state index contributed by atoms with van der Waals surface area (Å²) in [5.74, 6) is 6.58. The van der Waals surface area contributed by atoms with Gasteiger partial charge < -0.3 is 16.4 Å². The molecule has 8 heteroatoms. The second kappa shape index (κ2) is 9.45. The molecule has 1 aromatic carbocycles. The Balaban J connectivity index is 1.37. The van der Waals surface area contributed by atoms with Crippen molar-refractivity contribution < 1.29 is 4.79 Å². The number of rotatable bonds is 4. The lowest BCUT2D eigenvalue weighted by molar-refractivity contribution is 0.0947. The molecule has 1 aliphatic heterocycles. The van der Waals surface area contributed by atoms with Crippen molar-refractivity contribution in [3.05, 3.63) is 113 Å². The van der Waals surface area contributed by atoms with Crippen LogP contribution < -0.4 is 16.4 Å². The van der Waals surface area contributed by atoms with E-state index < -0.39 is 0 Å². The summed E-state index contributed by atoms with van der Waals surface area (Å²) >= 11 is 0. The summed E-state index contributed by atoms with van der Waals surface area (Å²) in [5, 5.41) is 15.3. The van der Waals surface area contributed by atoms with Crippen LogP contribution in [0.25, 0.3) is 11.1 Å². The number of nitrogens with zero attached hydrogens (tertiary/aromatic N) is 4. The minimum Gasteiger partial charge on any atom is -0.382 e. The van der Waals surface area contributed by atoms with E-state index >= 15 is 0 Å². The van der Waals surface area contributed by atoms with Crippen molar-refractivity contribution in [3.8, 4) is 11.8 Å². The van der Waals surface area contributed by atoms with Crippen LogP contribution in [-0.4, -0.2) is 37.4 Å². The van der Waals surface area contributed by atoms with Crippen molar-refractivity contribution >= 4 is 22.8 Å². The van der Waals surface area contributed by atoms with E-state index in [4.69, 9.17) is 5.73 Å². The van der Waals surface area contributed by atoms with Gasteiger partial charge >= 0.3 is 0 Å². The van der Waals surface area contributed by atoms with Crippen LogP contribution >= 0.6 is 0 Å². The van der Waals surface area contributed by atoms with Crippen LogP contribution in [0.4, 0.5) is 5.82 Å². The first-order chi connectivity index (χ1) is 18.5. The van der Waals surface area contributed by atoms with Crippen molar-refractivity contribution in [1.29, 1.82) is 0 Å². The molecule has 0 saturated heterocycles. The van der Waals surface area contributed by atoms with Crippen molar-refractivity contribution in [2.45, 2.75) is 19.0 Å². The molecule has 4 N–H and O–H groups in total. The third kappa shape index (κ3) is 4.14. The van der Waals surface area contributed by atoms with Crippen molar-refractivity contribution in [3.63, 3.8) is 0 Å². The number of allylic oxidation sites excluding steroid dienone is 2. The second-order valence-corrected chi connectivity index (χ2v) is 9.49. The number of anilines is 1. The maximum absolute atomic E-state index is 13.4. The highest BCUT2D eigenvalue weighted by atomic mass is 16.1. The van der Waals surface area contributed by atoms with Crippen LogP contribution in [-0.2, 0) is 7.05 Å². The Morgan fingerprint density at radius 1 is 1.16 bits per heavy atom. The van der Waals surface area contributed by atoms with Gasteiger partial charge in [-0.05, 0) is 30.2 Å². The minimum absolute atomic E-state index is 0.00275. The zero-order valence-electron chi connectivity index (χ0n) is 21.1. The van der Waals surface area contributed by atoms with Gasteiger partial charge in [-0.15, -0.1) is 5.10 Å². The lowest BCUT2D eigenvalue weighted by Crippen LogP contribution is -2.39. The fourth-order valence-corrected chi connectivity index (χ4v) is 5.23. The molecule has 0 spiro atoms. The molecule has 8 nitrogen and oxygen atoms in total. The van der Waals surface area contributed by atoms with Gasteiger partial charge in [0.05, 0.1) is 29.4 Å². The fourth-order valence-electron chi connectivity index (χ4n) is 5.23. The molecule has 6 rings (SSSR count). The highest BCUT2D eigenvalue weighted by molar-refractivity contribution is 6.05. The first kappa shape index (κ1) is 23.4. The van der Waals surface area contributed by atoms with Gasteiger partial charge in [0, 0.05) is 36.6 Å². The van der Waals surface area contributed by atoms with Gasteiger partial charge in [0.15, 0.2) is 5.82 Å². The number of benzene rings is 1. The molecule has 3 atom stereocenters. The summed E-state index contributed by atoms with van der Waals surface area (Å²) in [6.07, 6.45) is 11.7. The molecule has 0 saturated carbocycles. The molecule has 1 amide bonds. The number of pyridine rings is 1. The second-order valence-electron chi connectivity index (χ2n) is 9.49. The van der Waals surface area contributed by atoms with E-state index in [0.717, 1.165) is 28.0 Å². The number of fused-ring (bicyclic) bond motifs is 2. The predicted octanol–water partition coefficient (Wildman–Crippen LogP) is 3.32. The van der Waals surface area contributed by atoms with Gasteiger partial charge in [0.1, 0.15) is 5.56 Å². The largest absolute Gasteiger partial charge is 0.382 e. The number of carbonyl (C=O) groups is 1. The van der Waals surface area contributed by atoms with E-state index in [1.54, 1.807) is 21.6 Å².